The highest BCUT2D eigenvalue weighted by Gasteiger charge is 2.36. The lowest BCUT2D eigenvalue weighted by atomic mass is 9.84. The van der Waals surface area contributed by atoms with Gasteiger partial charge in [0.1, 0.15) is 0 Å². The van der Waals surface area contributed by atoms with Crippen LogP contribution >= 0.6 is 0 Å². The van der Waals surface area contributed by atoms with Crippen LogP contribution in [0.5, 0.6) is 0 Å². The van der Waals surface area contributed by atoms with E-state index in [1.165, 1.54) is 64.7 Å². The number of hydrogen-bond acceptors (Lipinski definition) is 3. The number of nitrogens with one attached hydrogen (secondary N) is 1. The number of nitrogens with zero attached hydrogens (tertiary/aromatic N) is 1. The largest absolute Gasteiger partial charge is 0.384 e. The molecule has 0 spiro atoms. The molecular weight excluding hydrogens is 260 g/mol. The normalized spacial score (nSPS) is 26.6. The molecule has 1 atom stereocenters. The molecule has 0 aromatic rings. The molecule has 1 saturated carbocycles. The van der Waals surface area contributed by atoms with Crippen LogP contribution < -0.4 is 5.32 Å². The van der Waals surface area contributed by atoms with Crippen molar-refractivity contribution in [3.63, 3.8) is 0 Å². The highest BCUT2D eigenvalue weighted by Crippen LogP contribution is 2.39. The minimum absolute atomic E-state index is 0.545. The van der Waals surface area contributed by atoms with Crippen molar-refractivity contribution in [2.45, 2.75) is 52.4 Å². The summed E-state index contributed by atoms with van der Waals surface area (Å²) in [6, 6.07) is 0. The highest BCUT2D eigenvalue weighted by atomic mass is 16.5. The summed E-state index contributed by atoms with van der Waals surface area (Å²) in [4.78, 5) is 2.73. The number of methoxy groups -OCH3 is 1. The van der Waals surface area contributed by atoms with E-state index in [0.29, 0.717) is 5.41 Å². The first-order chi connectivity index (χ1) is 10.1. The monoisotopic (exact) mass is 296 g/mol. The van der Waals surface area contributed by atoms with Gasteiger partial charge >= 0.3 is 0 Å². The van der Waals surface area contributed by atoms with Crippen LogP contribution in [0, 0.1) is 17.3 Å². The van der Waals surface area contributed by atoms with Gasteiger partial charge in [0.2, 0.25) is 0 Å². The van der Waals surface area contributed by atoms with Gasteiger partial charge in [-0.25, -0.2) is 0 Å². The number of ether oxygens (including phenoxy) is 1. The van der Waals surface area contributed by atoms with E-state index in [2.05, 4.69) is 24.1 Å². The SMILES string of the molecule is COCC1CCCN(CC2(CNCC(C)C)CCCC2)C1. The summed E-state index contributed by atoms with van der Waals surface area (Å²) in [5, 5.41) is 3.74. The van der Waals surface area contributed by atoms with Gasteiger partial charge in [-0.15, -0.1) is 0 Å². The quantitative estimate of drug-likeness (QED) is 0.744. The molecule has 1 N–H and O–H groups in total. The van der Waals surface area contributed by atoms with Gasteiger partial charge in [0.25, 0.3) is 0 Å². The lowest BCUT2D eigenvalue weighted by Crippen LogP contribution is -2.47. The van der Waals surface area contributed by atoms with Crippen LogP contribution in [0.3, 0.4) is 0 Å². The Morgan fingerprint density at radius 3 is 2.67 bits per heavy atom. The fourth-order valence-electron chi connectivity index (χ4n) is 4.28. The Hall–Kier alpha value is -0.120. The number of hydrogen-bond donors (Lipinski definition) is 1. The Labute approximate surface area is 131 Å². The molecule has 0 radical (unpaired) electrons. The second kappa shape index (κ2) is 8.50. The molecule has 0 aromatic heterocycles. The van der Waals surface area contributed by atoms with E-state index >= 15 is 0 Å². The summed E-state index contributed by atoms with van der Waals surface area (Å²) < 4.78 is 5.38. The lowest BCUT2D eigenvalue weighted by Gasteiger charge is -2.40. The molecule has 1 heterocycles. The summed E-state index contributed by atoms with van der Waals surface area (Å²) >= 11 is 0. The first kappa shape index (κ1) is 17.2. The third-order valence-electron chi connectivity index (χ3n) is 5.28. The third-order valence-corrected chi connectivity index (χ3v) is 5.28. The second-order valence-electron chi connectivity index (χ2n) is 7.93. The van der Waals surface area contributed by atoms with E-state index in [0.717, 1.165) is 25.0 Å². The summed E-state index contributed by atoms with van der Waals surface area (Å²) in [6.07, 6.45) is 8.40. The first-order valence-electron chi connectivity index (χ1n) is 9.05. The third kappa shape index (κ3) is 5.54. The molecule has 0 bridgehead atoms. The second-order valence-corrected chi connectivity index (χ2v) is 7.93. The van der Waals surface area contributed by atoms with Gasteiger partial charge in [-0.2, -0.15) is 0 Å². The van der Waals surface area contributed by atoms with Crippen LogP contribution in [0.15, 0.2) is 0 Å². The van der Waals surface area contributed by atoms with Gasteiger partial charge in [-0.1, -0.05) is 26.7 Å². The zero-order valence-corrected chi connectivity index (χ0v) is 14.5. The molecule has 0 amide bonds. The van der Waals surface area contributed by atoms with Gasteiger partial charge in [0, 0.05) is 26.7 Å². The molecule has 21 heavy (non-hydrogen) atoms. The number of rotatable bonds is 8. The summed E-state index contributed by atoms with van der Waals surface area (Å²) in [7, 11) is 1.84. The molecule has 1 saturated heterocycles. The van der Waals surface area contributed by atoms with E-state index in [-0.39, 0.29) is 0 Å². The van der Waals surface area contributed by atoms with E-state index in [1.54, 1.807) is 0 Å². The smallest absolute Gasteiger partial charge is 0.0502 e. The Balaban J connectivity index is 1.83. The van der Waals surface area contributed by atoms with Crippen LogP contribution in [0.1, 0.15) is 52.4 Å². The van der Waals surface area contributed by atoms with Crippen LogP contribution in [0.25, 0.3) is 0 Å². The maximum Gasteiger partial charge on any atom is 0.0502 e. The number of piperidine rings is 1. The summed E-state index contributed by atoms with van der Waals surface area (Å²) in [6.45, 7) is 11.8. The van der Waals surface area contributed by atoms with Crippen LogP contribution in [0.4, 0.5) is 0 Å². The van der Waals surface area contributed by atoms with Crippen molar-refractivity contribution < 1.29 is 4.74 Å². The Morgan fingerprint density at radius 2 is 2.00 bits per heavy atom. The molecule has 3 heteroatoms. The Bertz CT molecular complexity index is 285. The fourth-order valence-corrected chi connectivity index (χ4v) is 4.28. The fraction of sp³-hybridized carbons (Fsp3) is 1.00. The zero-order valence-electron chi connectivity index (χ0n) is 14.5. The van der Waals surface area contributed by atoms with Crippen LogP contribution in [-0.2, 0) is 4.74 Å². The van der Waals surface area contributed by atoms with E-state index in [4.69, 9.17) is 4.74 Å². The molecule has 1 aliphatic carbocycles. The van der Waals surface area contributed by atoms with Crippen molar-refractivity contribution >= 4 is 0 Å². The Kier molecular flexibility index (Phi) is 6.97. The van der Waals surface area contributed by atoms with Crippen LogP contribution in [0.2, 0.25) is 0 Å². The van der Waals surface area contributed by atoms with Gasteiger partial charge in [0.15, 0.2) is 0 Å². The van der Waals surface area contributed by atoms with E-state index in [9.17, 15) is 0 Å². The molecule has 3 nitrogen and oxygen atoms in total. The van der Waals surface area contributed by atoms with Crippen molar-refractivity contribution in [3.05, 3.63) is 0 Å². The van der Waals surface area contributed by atoms with Gasteiger partial charge in [-0.3, -0.25) is 0 Å². The minimum atomic E-state index is 0.545. The maximum absolute atomic E-state index is 5.38. The molecule has 1 unspecified atom stereocenters. The maximum atomic E-state index is 5.38. The molecule has 1 aliphatic heterocycles. The Morgan fingerprint density at radius 1 is 1.24 bits per heavy atom. The van der Waals surface area contributed by atoms with Crippen LogP contribution in [-0.4, -0.2) is 51.3 Å². The topological polar surface area (TPSA) is 24.5 Å². The van der Waals surface area contributed by atoms with E-state index < -0.39 is 0 Å². The van der Waals surface area contributed by atoms with Crippen molar-refractivity contribution in [2.24, 2.45) is 17.3 Å². The van der Waals surface area contributed by atoms with Gasteiger partial charge < -0.3 is 15.0 Å². The van der Waals surface area contributed by atoms with Crippen molar-refractivity contribution in [1.29, 1.82) is 0 Å². The summed E-state index contributed by atoms with van der Waals surface area (Å²) in [5.41, 5.74) is 0.545. The predicted molar refractivity (Wildman–Crippen MR) is 89.6 cm³/mol. The van der Waals surface area contributed by atoms with Gasteiger partial charge in [0.05, 0.1) is 6.61 Å². The summed E-state index contributed by atoms with van der Waals surface area (Å²) in [5.74, 6) is 1.51. The average Bonchev–Trinajstić information content (AvgIpc) is 2.88. The lowest BCUT2D eigenvalue weighted by molar-refractivity contribution is 0.0630. The highest BCUT2D eigenvalue weighted by molar-refractivity contribution is 4.90. The first-order valence-corrected chi connectivity index (χ1v) is 9.05. The number of likely N-dealkylation sites (tertiary alicyclic amines) is 1. The molecule has 2 rings (SSSR count). The average molecular weight is 296 g/mol. The van der Waals surface area contributed by atoms with Crippen molar-refractivity contribution in [2.75, 3.05) is 46.4 Å². The molecule has 2 fully saturated rings. The molecular formula is C18H36N2O. The van der Waals surface area contributed by atoms with Gasteiger partial charge in [-0.05, 0) is 56.0 Å². The minimum Gasteiger partial charge on any atom is -0.384 e. The zero-order chi connectivity index (χ0) is 15.1. The molecule has 124 valence electrons. The van der Waals surface area contributed by atoms with Crippen molar-refractivity contribution in [3.8, 4) is 0 Å². The molecule has 0 aromatic carbocycles. The standard InChI is InChI=1S/C18H36N2O/c1-16(2)11-19-14-18(8-4-5-9-18)15-20-10-6-7-17(12-20)13-21-3/h16-17,19H,4-15H2,1-3H3. The van der Waals surface area contributed by atoms with E-state index in [1.807, 2.05) is 7.11 Å². The predicted octanol–water partition coefficient (Wildman–Crippen LogP) is 3.15. The van der Waals surface area contributed by atoms with Crippen molar-refractivity contribution in [1.82, 2.24) is 10.2 Å². The molecule has 2 aliphatic rings.